The van der Waals surface area contributed by atoms with Crippen LogP contribution in [0.2, 0.25) is 0 Å². The van der Waals surface area contributed by atoms with E-state index in [9.17, 15) is 9.18 Å². The number of nitrogens with one attached hydrogen (secondary N) is 1. The highest BCUT2D eigenvalue weighted by Crippen LogP contribution is 2.29. The lowest BCUT2D eigenvalue weighted by atomic mass is 10.1. The molecule has 1 N–H and O–H groups in total. The van der Waals surface area contributed by atoms with Crippen LogP contribution in [-0.4, -0.2) is 26.1 Å². The van der Waals surface area contributed by atoms with E-state index in [2.05, 4.69) is 10.2 Å². The molecule has 1 amide bonds. The van der Waals surface area contributed by atoms with Crippen molar-refractivity contribution in [2.75, 3.05) is 30.4 Å². The molecule has 5 heteroatoms. The maximum atomic E-state index is 13.4. The number of nitrogens with zero attached hydrogens (tertiary/aromatic N) is 1. The molecule has 2 aromatic carbocycles. The summed E-state index contributed by atoms with van der Waals surface area (Å²) in [6, 6.07) is 11.9. The Bertz CT molecular complexity index is 703. The standard InChI is InChI=1S/C17H17FN2O2/c1-20-9-8-12-10-13(6-7-15(12)20)19-17(21)11-22-16-5-3-2-4-14(16)18/h2-7,10H,8-9,11H2,1H3,(H,19,21). The zero-order valence-corrected chi connectivity index (χ0v) is 12.3. The number of hydrogen-bond acceptors (Lipinski definition) is 3. The average molecular weight is 300 g/mol. The maximum Gasteiger partial charge on any atom is 0.262 e. The summed E-state index contributed by atoms with van der Waals surface area (Å²) < 4.78 is 18.6. The van der Waals surface area contributed by atoms with Crippen molar-refractivity contribution in [3.05, 3.63) is 53.8 Å². The molecule has 1 aliphatic rings. The minimum absolute atomic E-state index is 0.0771. The van der Waals surface area contributed by atoms with Crippen LogP contribution in [0.1, 0.15) is 5.56 Å². The van der Waals surface area contributed by atoms with Gasteiger partial charge < -0.3 is 15.0 Å². The van der Waals surface area contributed by atoms with Crippen LogP contribution >= 0.6 is 0 Å². The Labute approximate surface area is 128 Å². The second kappa shape index (κ2) is 6.05. The van der Waals surface area contributed by atoms with E-state index in [0.717, 1.165) is 18.7 Å². The molecule has 3 rings (SSSR count). The fraction of sp³-hybridized carbons (Fsp3) is 0.235. The summed E-state index contributed by atoms with van der Waals surface area (Å²) in [6.07, 6.45) is 0.973. The maximum absolute atomic E-state index is 13.4. The molecule has 4 nitrogen and oxygen atoms in total. The molecule has 0 aromatic heterocycles. The van der Waals surface area contributed by atoms with Gasteiger partial charge in [0.2, 0.25) is 0 Å². The molecule has 0 bridgehead atoms. The Morgan fingerprint density at radius 3 is 2.95 bits per heavy atom. The van der Waals surface area contributed by atoms with Crippen LogP contribution < -0.4 is 15.0 Å². The monoisotopic (exact) mass is 300 g/mol. The van der Waals surface area contributed by atoms with Gasteiger partial charge in [0.1, 0.15) is 0 Å². The second-order valence-electron chi connectivity index (χ2n) is 5.28. The van der Waals surface area contributed by atoms with E-state index in [1.165, 1.54) is 23.4 Å². The zero-order chi connectivity index (χ0) is 15.5. The highest BCUT2D eigenvalue weighted by molar-refractivity contribution is 5.92. The highest BCUT2D eigenvalue weighted by atomic mass is 19.1. The summed E-state index contributed by atoms with van der Waals surface area (Å²) in [7, 11) is 2.05. The average Bonchev–Trinajstić information content (AvgIpc) is 2.87. The summed E-state index contributed by atoms with van der Waals surface area (Å²) in [6.45, 7) is 0.765. The largest absolute Gasteiger partial charge is 0.481 e. The van der Waals surface area contributed by atoms with E-state index in [4.69, 9.17) is 4.74 Å². The molecule has 0 unspecified atom stereocenters. The number of hydrogen-bond donors (Lipinski definition) is 1. The van der Waals surface area contributed by atoms with E-state index in [1.54, 1.807) is 12.1 Å². The topological polar surface area (TPSA) is 41.6 Å². The number of ether oxygens (including phenoxy) is 1. The van der Waals surface area contributed by atoms with Crippen molar-refractivity contribution in [3.63, 3.8) is 0 Å². The molecule has 0 spiro atoms. The molecule has 0 aliphatic carbocycles. The Balaban J connectivity index is 1.59. The number of rotatable bonds is 4. The summed E-state index contributed by atoms with van der Waals surface area (Å²) >= 11 is 0. The number of carbonyl (C=O) groups is 1. The molecule has 1 aliphatic heterocycles. The Morgan fingerprint density at radius 1 is 1.32 bits per heavy atom. The molecular formula is C17H17FN2O2. The van der Waals surface area contributed by atoms with Crippen molar-refractivity contribution in [3.8, 4) is 5.75 Å². The van der Waals surface area contributed by atoms with E-state index in [1.807, 2.05) is 25.2 Å². The number of anilines is 2. The van der Waals surface area contributed by atoms with Crippen molar-refractivity contribution >= 4 is 17.3 Å². The molecule has 0 fully saturated rings. The first-order valence-electron chi connectivity index (χ1n) is 7.15. The molecular weight excluding hydrogens is 283 g/mol. The van der Waals surface area contributed by atoms with Gasteiger partial charge in [-0.25, -0.2) is 4.39 Å². The van der Waals surface area contributed by atoms with Crippen LogP contribution in [-0.2, 0) is 11.2 Å². The minimum atomic E-state index is -0.476. The lowest BCUT2D eigenvalue weighted by Gasteiger charge is -2.13. The third-order valence-corrected chi connectivity index (χ3v) is 3.69. The predicted molar refractivity (Wildman–Crippen MR) is 83.9 cm³/mol. The first-order valence-corrected chi connectivity index (χ1v) is 7.15. The van der Waals surface area contributed by atoms with Gasteiger partial charge in [-0.05, 0) is 42.3 Å². The van der Waals surface area contributed by atoms with Crippen LogP contribution in [0.3, 0.4) is 0 Å². The van der Waals surface area contributed by atoms with Gasteiger partial charge in [0, 0.05) is 25.0 Å². The fourth-order valence-electron chi connectivity index (χ4n) is 2.55. The second-order valence-corrected chi connectivity index (χ2v) is 5.28. The minimum Gasteiger partial charge on any atom is -0.481 e. The molecule has 114 valence electrons. The third-order valence-electron chi connectivity index (χ3n) is 3.69. The zero-order valence-electron chi connectivity index (χ0n) is 12.3. The summed E-state index contributed by atoms with van der Waals surface area (Å²) in [5, 5.41) is 2.77. The van der Waals surface area contributed by atoms with Gasteiger partial charge in [-0.3, -0.25) is 4.79 Å². The van der Waals surface area contributed by atoms with Crippen LogP contribution in [0.5, 0.6) is 5.75 Å². The Hall–Kier alpha value is -2.56. The number of benzene rings is 2. The van der Waals surface area contributed by atoms with E-state index in [0.29, 0.717) is 0 Å². The lowest BCUT2D eigenvalue weighted by molar-refractivity contribution is -0.118. The van der Waals surface area contributed by atoms with E-state index >= 15 is 0 Å². The van der Waals surface area contributed by atoms with Gasteiger partial charge in [0.15, 0.2) is 18.2 Å². The third kappa shape index (κ3) is 3.03. The van der Waals surface area contributed by atoms with Crippen LogP contribution in [0.15, 0.2) is 42.5 Å². The van der Waals surface area contributed by atoms with Gasteiger partial charge in [-0.1, -0.05) is 12.1 Å². The smallest absolute Gasteiger partial charge is 0.262 e. The lowest BCUT2D eigenvalue weighted by Crippen LogP contribution is -2.20. The van der Waals surface area contributed by atoms with Gasteiger partial charge >= 0.3 is 0 Å². The van der Waals surface area contributed by atoms with Crippen molar-refractivity contribution in [1.82, 2.24) is 0 Å². The van der Waals surface area contributed by atoms with Gasteiger partial charge in [-0.2, -0.15) is 0 Å². The quantitative estimate of drug-likeness (QED) is 0.944. The number of likely N-dealkylation sites (N-methyl/N-ethyl adjacent to an activating group) is 1. The van der Waals surface area contributed by atoms with Crippen molar-refractivity contribution in [1.29, 1.82) is 0 Å². The molecule has 2 aromatic rings. The molecule has 0 radical (unpaired) electrons. The summed E-state index contributed by atoms with van der Waals surface area (Å²) in [5.74, 6) is -0.710. The van der Waals surface area contributed by atoms with E-state index < -0.39 is 5.82 Å². The molecule has 1 heterocycles. The van der Waals surface area contributed by atoms with Gasteiger partial charge in [0.05, 0.1) is 0 Å². The Kier molecular flexibility index (Phi) is 3.96. The summed E-state index contributed by atoms with van der Waals surface area (Å²) in [4.78, 5) is 14.1. The van der Waals surface area contributed by atoms with Crippen molar-refractivity contribution < 1.29 is 13.9 Å². The summed E-state index contributed by atoms with van der Waals surface area (Å²) in [5.41, 5.74) is 3.15. The highest BCUT2D eigenvalue weighted by Gasteiger charge is 2.16. The molecule has 0 atom stereocenters. The van der Waals surface area contributed by atoms with Crippen LogP contribution in [0, 0.1) is 5.82 Å². The number of amides is 1. The van der Waals surface area contributed by atoms with Gasteiger partial charge in [0.25, 0.3) is 5.91 Å². The first kappa shape index (κ1) is 14.4. The first-order chi connectivity index (χ1) is 10.6. The molecule has 0 saturated heterocycles. The van der Waals surface area contributed by atoms with Crippen molar-refractivity contribution in [2.45, 2.75) is 6.42 Å². The van der Waals surface area contributed by atoms with Gasteiger partial charge in [-0.15, -0.1) is 0 Å². The van der Waals surface area contributed by atoms with E-state index in [-0.39, 0.29) is 18.3 Å². The number of carbonyl (C=O) groups excluding carboxylic acids is 1. The van der Waals surface area contributed by atoms with Crippen LogP contribution in [0.4, 0.5) is 15.8 Å². The van der Waals surface area contributed by atoms with Crippen molar-refractivity contribution in [2.24, 2.45) is 0 Å². The normalized spacial score (nSPS) is 12.9. The number of fused-ring (bicyclic) bond motifs is 1. The SMILES string of the molecule is CN1CCc2cc(NC(=O)COc3ccccc3F)ccc21. The number of para-hydroxylation sites is 1. The molecule has 22 heavy (non-hydrogen) atoms. The predicted octanol–water partition coefficient (Wildman–Crippen LogP) is 2.84. The fourth-order valence-corrected chi connectivity index (χ4v) is 2.55. The Morgan fingerprint density at radius 2 is 2.14 bits per heavy atom. The number of halogens is 1. The van der Waals surface area contributed by atoms with Crippen LogP contribution in [0.25, 0.3) is 0 Å². The molecule has 0 saturated carbocycles.